The summed E-state index contributed by atoms with van der Waals surface area (Å²) in [6.45, 7) is 2.25. The van der Waals surface area contributed by atoms with Crippen molar-refractivity contribution in [1.82, 2.24) is 0 Å². The molecular weight excluding hydrogens is 225 g/mol. The van der Waals surface area contributed by atoms with Gasteiger partial charge in [0.1, 0.15) is 0 Å². The maximum atomic E-state index is 3.43. The number of hydrogen-bond acceptors (Lipinski definition) is 1. The number of benzene rings is 1. The number of hydrogen-bond donors (Lipinski definition) is 1. The third-order valence-electron chi connectivity index (χ3n) is 1.79. The van der Waals surface area contributed by atoms with Crippen molar-refractivity contribution in [3.05, 3.63) is 30.3 Å². The summed E-state index contributed by atoms with van der Waals surface area (Å²) in [6, 6.07) is 10.4. The Labute approximate surface area is 87.1 Å². The SMILES string of the molecule is CCCC[Se]CNc1ccccc1. The van der Waals surface area contributed by atoms with Gasteiger partial charge in [-0.1, -0.05) is 0 Å². The van der Waals surface area contributed by atoms with Crippen LogP contribution in [0.5, 0.6) is 0 Å². The van der Waals surface area contributed by atoms with Gasteiger partial charge in [0.25, 0.3) is 0 Å². The molecule has 0 atom stereocenters. The van der Waals surface area contributed by atoms with Gasteiger partial charge in [-0.15, -0.1) is 0 Å². The van der Waals surface area contributed by atoms with E-state index in [0.717, 1.165) is 20.4 Å². The molecule has 1 nitrogen and oxygen atoms in total. The van der Waals surface area contributed by atoms with Crippen molar-refractivity contribution in [3.8, 4) is 0 Å². The number of rotatable bonds is 6. The Bertz CT molecular complexity index is 211. The topological polar surface area (TPSA) is 12.0 Å². The first-order chi connectivity index (χ1) is 6.43. The summed E-state index contributed by atoms with van der Waals surface area (Å²) in [5, 5.41) is 4.84. The molecule has 1 rings (SSSR count). The predicted molar refractivity (Wildman–Crippen MR) is 60.4 cm³/mol. The number of nitrogens with one attached hydrogen (secondary N) is 1. The van der Waals surface area contributed by atoms with Gasteiger partial charge in [-0.2, -0.15) is 0 Å². The molecule has 0 heterocycles. The first kappa shape index (κ1) is 10.6. The molecule has 0 aromatic heterocycles. The van der Waals surface area contributed by atoms with E-state index in [2.05, 4.69) is 36.5 Å². The predicted octanol–water partition coefficient (Wildman–Crippen LogP) is 2.98. The minimum atomic E-state index is 0.770. The molecule has 1 N–H and O–H groups in total. The van der Waals surface area contributed by atoms with Gasteiger partial charge in [-0.3, -0.25) is 0 Å². The van der Waals surface area contributed by atoms with Gasteiger partial charge in [0.2, 0.25) is 0 Å². The van der Waals surface area contributed by atoms with E-state index in [1.54, 1.807) is 0 Å². The third-order valence-corrected chi connectivity index (χ3v) is 3.74. The van der Waals surface area contributed by atoms with Gasteiger partial charge in [0, 0.05) is 0 Å². The van der Waals surface area contributed by atoms with Crippen LogP contribution in [0.2, 0.25) is 5.32 Å². The van der Waals surface area contributed by atoms with E-state index >= 15 is 0 Å². The molecule has 1 aromatic rings. The normalized spacial score (nSPS) is 9.92. The summed E-state index contributed by atoms with van der Waals surface area (Å²) < 4.78 is 0. The van der Waals surface area contributed by atoms with Crippen LogP contribution in [0, 0.1) is 0 Å². The Hall–Kier alpha value is -0.461. The van der Waals surface area contributed by atoms with Gasteiger partial charge in [0.05, 0.1) is 0 Å². The molecule has 0 unspecified atom stereocenters. The molecule has 0 radical (unpaired) electrons. The monoisotopic (exact) mass is 243 g/mol. The maximum absolute atomic E-state index is 3.43. The molecule has 0 fully saturated rings. The summed E-state index contributed by atoms with van der Waals surface area (Å²) in [4.78, 5) is 0. The minimum absolute atomic E-state index is 0.770. The summed E-state index contributed by atoms with van der Waals surface area (Å²) in [6.07, 6.45) is 2.71. The van der Waals surface area contributed by atoms with Crippen LogP contribution in [0.1, 0.15) is 19.8 Å². The van der Waals surface area contributed by atoms with Crippen LogP contribution in [-0.2, 0) is 0 Å². The zero-order valence-electron chi connectivity index (χ0n) is 8.12. The first-order valence-corrected chi connectivity index (χ1v) is 7.22. The molecule has 1 aromatic carbocycles. The van der Waals surface area contributed by atoms with Crippen LogP contribution in [0.3, 0.4) is 0 Å². The van der Waals surface area contributed by atoms with Crippen molar-refractivity contribution in [2.75, 3.05) is 10.8 Å². The van der Waals surface area contributed by atoms with E-state index in [1.165, 1.54) is 23.8 Å². The van der Waals surface area contributed by atoms with Crippen molar-refractivity contribution in [3.63, 3.8) is 0 Å². The third kappa shape index (κ3) is 4.97. The number of para-hydroxylation sites is 1. The molecule has 0 bridgehead atoms. The van der Waals surface area contributed by atoms with E-state index in [-0.39, 0.29) is 0 Å². The quantitative estimate of drug-likeness (QED) is 0.597. The molecule has 0 amide bonds. The molecule has 72 valence electrons. The van der Waals surface area contributed by atoms with Crippen LogP contribution in [0.25, 0.3) is 0 Å². The van der Waals surface area contributed by atoms with Crippen LogP contribution in [-0.4, -0.2) is 20.4 Å². The molecule has 0 spiro atoms. The van der Waals surface area contributed by atoms with Crippen LogP contribution in [0.15, 0.2) is 30.3 Å². The Morgan fingerprint density at radius 3 is 2.69 bits per heavy atom. The summed E-state index contributed by atoms with van der Waals surface area (Å²) in [5.41, 5.74) is 2.41. The van der Waals surface area contributed by atoms with E-state index in [4.69, 9.17) is 0 Å². The van der Waals surface area contributed by atoms with E-state index in [9.17, 15) is 0 Å². The van der Waals surface area contributed by atoms with E-state index in [0.29, 0.717) is 0 Å². The first-order valence-electron chi connectivity index (χ1n) is 4.80. The Morgan fingerprint density at radius 2 is 2.00 bits per heavy atom. The summed E-state index contributed by atoms with van der Waals surface area (Å²) >= 11 is 0.770. The molecule has 13 heavy (non-hydrogen) atoms. The van der Waals surface area contributed by atoms with E-state index < -0.39 is 0 Å². The molecule has 0 saturated heterocycles. The molecular formula is C11H17NSe. The standard InChI is InChI=1S/C11H17NSe/c1-2-3-9-13-10-12-11-7-5-4-6-8-11/h4-8,12H,2-3,9-10H2,1H3. The molecule has 0 aliphatic heterocycles. The Morgan fingerprint density at radius 1 is 1.23 bits per heavy atom. The second-order valence-electron chi connectivity index (χ2n) is 2.95. The fourth-order valence-corrected chi connectivity index (χ4v) is 2.91. The molecule has 0 aliphatic rings. The summed E-state index contributed by atoms with van der Waals surface area (Å²) in [5.74, 6) is 0. The Kier molecular flexibility index (Phi) is 5.71. The van der Waals surface area contributed by atoms with Gasteiger partial charge in [-0.05, 0) is 0 Å². The fraction of sp³-hybridized carbons (Fsp3) is 0.455. The summed E-state index contributed by atoms with van der Waals surface area (Å²) in [7, 11) is 0. The van der Waals surface area contributed by atoms with Gasteiger partial charge in [0.15, 0.2) is 0 Å². The molecule has 0 aliphatic carbocycles. The van der Waals surface area contributed by atoms with Crippen molar-refractivity contribution < 1.29 is 0 Å². The second kappa shape index (κ2) is 6.99. The van der Waals surface area contributed by atoms with Crippen LogP contribution in [0.4, 0.5) is 5.69 Å². The van der Waals surface area contributed by atoms with Crippen molar-refractivity contribution in [2.45, 2.75) is 25.1 Å². The number of unbranched alkanes of at least 4 members (excludes halogenated alkanes) is 1. The van der Waals surface area contributed by atoms with Crippen LogP contribution >= 0.6 is 0 Å². The molecule has 2 heteroatoms. The average Bonchev–Trinajstić information content (AvgIpc) is 2.19. The number of anilines is 1. The van der Waals surface area contributed by atoms with E-state index in [1.807, 2.05) is 6.07 Å². The zero-order valence-corrected chi connectivity index (χ0v) is 9.84. The van der Waals surface area contributed by atoms with Gasteiger partial charge >= 0.3 is 86.8 Å². The molecule has 0 saturated carbocycles. The van der Waals surface area contributed by atoms with Crippen LogP contribution < -0.4 is 5.32 Å². The van der Waals surface area contributed by atoms with Gasteiger partial charge in [-0.25, -0.2) is 0 Å². The second-order valence-corrected chi connectivity index (χ2v) is 5.27. The van der Waals surface area contributed by atoms with Crippen molar-refractivity contribution >= 4 is 20.6 Å². The fourth-order valence-electron chi connectivity index (χ4n) is 1.01. The zero-order chi connectivity index (χ0) is 9.36. The van der Waals surface area contributed by atoms with Gasteiger partial charge < -0.3 is 0 Å². The van der Waals surface area contributed by atoms with Crippen molar-refractivity contribution in [1.29, 1.82) is 0 Å². The Balaban J connectivity index is 2.07. The van der Waals surface area contributed by atoms with Crippen molar-refractivity contribution in [2.24, 2.45) is 0 Å². The average molecular weight is 242 g/mol.